The Kier molecular flexibility index (Phi) is 4.55. The van der Waals surface area contributed by atoms with Crippen LogP contribution >= 0.6 is 0 Å². The molecule has 0 spiro atoms. The highest BCUT2D eigenvalue weighted by Gasteiger charge is 2.09. The van der Waals surface area contributed by atoms with Crippen LogP contribution in [0, 0.1) is 13.8 Å². The van der Waals surface area contributed by atoms with Gasteiger partial charge in [-0.3, -0.25) is 4.79 Å². The molecule has 1 rings (SSSR count). The Hall–Kier alpha value is -1.29. The second kappa shape index (κ2) is 5.70. The molecular weight excluding hydrogens is 204 g/mol. The molecule has 1 heterocycles. The van der Waals surface area contributed by atoms with E-state index in [2.05, 4.69) is 16.0 Å². The van der Waals surface area contributed by atoms with Crippen molar-refractivity contribution < 1.29 is 9.53 Å². The molecule has 0 bridgehead atoms. The minimum atomic E-state index is 0.0470. The monoisotopic (exact) mass is 224 g/mol. The van der Waals surface area contributed by atoms with E-state index in [9.17, 15) is 4.79 Å². The predicted octanol–water partition coefficient (Wildman–Crippen LogP) is 0.947. The van der Waals surface area contributed by atoms with Crippen molar-refractivity contribution in [3.05, 3.63) is 23.0 Å². The van der Waals surface area contributed by atoms with Crippen molar-refractivity contribution in [1.82, 2.24) is 9.88 Å². The summed E-state index contributed by atoms with van der Waals surface area (Å²) in [6.07, 6.45) is 0.442. The Morgan fingerprint density at radius 2 is 2.19 bits per heavy atom. The van der Waals surface area contributed by atoms with Crippen molar-refractivity contribution in [3.63, 3.8) is 0 Å². The lowest BCUT2D eigenvalue weighted by atomic mass is 10.1. The molecule has 1 aromatic heterocycles. The largest absolute Gasteiger partial charge is 0.383 e. The normalized spacial score (nSPS) is 10.5. The van der Waals surface area contributed by atoms with Gasteiger partial charge in [-0.1, -0.05) is 0 Å². The Labute approximate surface area is 96.6 Å². The van der Waals surface area contributed by atoms with Crippen molar-refractivity contribution in [2.24, 2.45) is 7.05 Å². The third-order valence-corrected chi connectivity index (χ3v) is 2.86. The summed E-state index contributed by atoms with van der Waals surface area (Å²) >= 11 is 0. The molecule has 1 N–H and O–H groups in total. The van der Waals surface area contributed by atoms with Gasteiger partial charge in [0.15, 0.2) is 0 Å². The lowest BCUT2D eigenvalue weighted by Gasteiger charge is -2.04. The summed E-state index contributed by atoms with van der Waals surface area (Å²) in [6, 6.07) is 2.06. The second-order valence-electron chi connectivity index (χ2n) is 3.97. The zero-order valence-corrected chi connectivity index (χ0v) is 10.5. The predicted molar refractivity (Wildman–Crippen MR) is 63.5 cm³/mol. The Morgan fingerprint density at radius 3 is 2.69 bits per heavy atom. The highest BCUT2D eigenvalue weighted by atomic mass is 16.5. The number of aromatic nitrogens is 1. The maximum Gasteiger partial charge on any atom is 0.224 e. The number of rotatable bonds is 5. The topological polar surface area (TPSA) is 43.3 Å². The van der Waals surface area contributed by atoms with Crippen LogP contribution in [0.25, 0.3) is 0 Å². The molecule has 1 amide bonds. The molecule has 0 radical (unpaired) electrons. The smallest absolute Gasteiger partial charge is 0.224 e. The average molecular weight is 224 g/mol. The number of carbonyl (C=O) groups excluding carboxylic acids is 1. The molecule has 4 heteroatoms. The third kappa shape index (κ3) is 3.10. The van der Waals surface area contributed by atoms with Gasteiger partial charge in [0.05, 0.1) is 13.0 Å². The van der Waals surface area contributed by atoms with Gasteiger partial charge in [0.25, 0.3) is 0 Å². The maximum atomic E-state index is 11.6. The fourth-order valence-electron chi connectivity index (χ4n) is 1.64. The molecular formula is C12H20N2O2. The number of hydrogen-bond acceptors (Lipinski definition) is 2. The van der Waals surface area contributed by atoms with Gasteiger partial charge in [0, 0.05) is 32.1 Å². The summed E-state index contributed by atoms with van der Waals surface area (Å²) in [5.74, 6) is 0.0470. The Bertz CT molecular complexity index is 369. The molecule has 1 aromatic rings. The van der Waals surface area contributed by atoms with Gasteiger partial charge in [-0.2, -0.15) is 0 Å². The van der Waals surface area contributed by atoms with Crippen molar-refractivity contribution in [2.75, 3.05) is 20.3 Å². The van der Waals surface area contributed by atoms with E-state index in [1.54, 1.807) is 7.11 Å². The van der Waals surface area contributed by atoms with Crippen molar-refractivity contribution in [1.29, 1.82) is 0 Å². The molecule has 0 fully saturated rings. The number of hydrogen-bond donors (Lipinski definition) is 1. The molecule has 0 aliphatic heterocycles. The van der Waals surface area contributed by atoms with Crippen LogP contribution in [-0.4, -0.2) is 30.7 Å². The van der Waals surface area contributed by atoms with Crippen LogP contribution in [0.5, 0.6) is 0 Å². The summed E-state index contributed by atoms with van der Waals surface area (Å²) in [5, 5.41) is 2.81. The zero-order valence-electron chi connectivity index (χ0n) is 10.5. The van der Waals surface area contributed by atoms with E-state index in [1.165, 1.54) is 5.69 Å². The standard InChI is InChI=1S/C12H20N2O2/c1-9-7-11(10(2)14(9)3)8-12(15)13-5-6-16-4/h7H,5-6,8H2,1-4H3,(H,13,15). The number of aryl methyl sites for hydroxylation is 1. The van der Waals surface area contributed by atoms with Crippen molar-refractivity contribution in [2.45, 2.75) is 20.3 Å². The van der Waals surface area contributed by atoms with Crippen LogP contribution in [0.2, 0.25) is 0 Å². The van der Waals surface area contributed by atoms with Gasteiger partial charge >= 0.3 is 0 Å². The maximum absolute atomic E-state index is 11.6. The highest BCUT2D eigenvalue weighted by molar-refractivity contribution is 5.78. The SMILES string of the molecule is COCCNC(=O)Cc1cc(C)n(C)c1C. The lowest BCUT2D eigenvalue weighted by molar-refractivity contribution is -0.120. The summed E-state index contributed by atoms with van der Waals surface area (Å²) in [7, 11) is 3.63. The first-order chi connectivity index (χ1) is 7.56. The van der Waals surface area contributed by atoms with E-state index >= 15 is 0 Å². The van der Waals surface area contributed by atoms with E-state index in [4.69, 9.17) is 4.74 Å². The number of nitrogens with zero attached hydrogens (tertiary/aromatic N) is 1. The van der Waals surface area contributed by atoms with E-state index in [1.807, 2.05) is 20.9 Å². The first-order valence-electron chi connectivity index (χ1n) is 5.43. The fourth-order valence-corrected chi connectivity index (χ4v) is 1.64. The number of carbonyl (C=O) groups is 1. The molecule has 16 heavy (non-hydrogen) atoms. The summed E-state index contributed by atoms with van der Waals surface area (Å²) in [6.45, 7) is 5.20. The molecule has 0 atom stereocenters. The van der Waals surface area contributed by atoms with Gasteiger partial charge in [-0.05, 0) is 25.5 Å². The van der Waals surface area contributed by atoms with Crippen LogP contribution in [0.1, 0.15) is 17.0 Å². The van der Waals surface area contributed by atoms with Crippen molar-refractivity contribution in [3.8, 4) is 0 Å². The zero-order chi connectivity index (χ0) is 12.1. The summed E-state index contributed by atoms with van der Waals surface area (Å²) in [4.78, 5) is 11.6. The lowest BCUT2D eigenvalue weighted by Crippen LogP contribution is -2.28. The molecule has 0 aromatic carbocycles. The van der Waals surface area contributed by atoms with Gasteiger partial charge in [-0.15, -0.1) is 0 Å². The van der Waals surface area contributed by atoms with Crippen molar-refractivity contribution >= 4 is 5.91 Å². The van der Waals surface area contributed by atoms with E-state index in [0.29, 0.717) is 19.6 Å². The highest BCUT2D eigenvalue weighted by Crippen LogP contribution is 2.13. The Morgan fingerprint density at radius 1 is 1.50 bits per heavy atom. The van der Waals surface area contributed by atoms with Crippen LogP contribution in [0.15, 0.2) is 6.07 Å². The fraction of sp³-hybridized carbons (Fsp3) is 0.583. The Balaban J connectivity index is 2.53. The molecule has 0 unspecified atom stereocenters. The van der Waals surface area contributed by atoms with Gasteiger partial charge in [0.1, 0.15) is 0 Å². The average Bonchev–Trinajstić information content (AvgIpc) is 2.47. The second-order valence-corrected chi connectivity index (χ2v) is 3.97. The minimum Gasteiger partial charge on any atom is -0.383 e. The molecule has 0 saturated heterocycles. The minimum absolute atomic E-state index is 0.0470. The number of nitrogens with one attached hydrogen (secondary N) is 1. The first-order valence-corrected chi connectivity index (χ1v) is 5.43. The number of methoxy groups -OCH3 is 1. The number of ether oxygens (including phenoxy) is 1. The van der Waals surface area contributed by atoms with Gasteiger partial charge < -0.3 is 14.6 Å². The van der Waals surface area contributed by atoms with E-state index < -0.39 is 0 Å². The van der Waals surface area contributed by atoms with Crippen LogP contribution < -0.4 is 5.32 Å². The summed E-state index contributed by atoms with van der Waals surface area (Å²) in [5.41, 5.74) is 3.42. The van der Waals surface area contributed by atoms with E-state index in [-0.39, 0.29) is 5.91 Å². The first kappa shape index (κ1) is 12.8. The summed E-state index contributed by atoms with van der Waals surface area (Å²) < 4.78 is 6.97. The van der Waals surface area contributed by atoms with Gasteiger partial charge in [-0.25, -0.2) is 0 Å². The van der Waals surface area contributed by atoms with Crippen LogP contribution in [0.3, 0.4) is 0 Å². The molecule has 90 valence electrons. The molecule has 0 aliphatic rings. The molecule has 4 nitrogen and oxygen atoms in total. The quantitative estimate of drug-likeness (QED) is 0.757. The third-order valence-electron chi connectivity index (χ3n) is 2.86. The van der Waals surface area contributed by atoms with Crippen LogP contribution in [-0.2, 0) is 23.0 Å². The van der Waals surface area contributed by atoms with E-state index in [0.717, 1.165) is 11.3 Å². The van der Waals surface area contributed by atoms with Gasteiger partial charge in [0.2, 0.25) is 5.91 Å². The van der Waals surface area contributed by atoms with Crippen LogP contribution in [0.4, 0.5) is 0 Å². The molecule has 0 aliphatic carbocycles. The number of amides is 1. The molecule has 0 saturated carbocycles.